The van der Waals surface area contributed by atoms with Gasteiger partial charge in [0.05, 0.1) is 5.92 Å². The van der Waals surface area contributed by atoms with Crippen LogP contribution in [-0.2, 0) is 22.6 Å². The van der Waals surface area contributed by atoms with Crippen LogP contribution in [0.25, 0.3) is 0 Å². The highest BCUT2D eigenvalue weighted by atomic mass is 16.2. The van der Waals surface area contributed by atoms with Gasteiger partial charge in [-0.3, -0.25) is 9.59 Å². The minimum atomic E-state index is -0.312. The van der Waals surface area contributed by atoms with Gasteiger partial charge in [0.1, 0.15) is 5.82 Å². The normalized spacial score (nSPS) is 19.1. The molecule has 0 saturated carbocycles. The number of carbonyl (C=O) groups is 2. The Kier molecular flexibility index (Phi) is 5.79. The fourth-order valence-corrected chi connectivity index (χ4v) is 4.07. The zero-order valence-corrected chi connectivity index (χ0v) is 16.9. The van der Waals surface area contributed by atoms with Crippen LogP contribution < -0.4 is 15.1 Å². The highest BCUT2D eigenvalue weighted by Gasteiger charge is 2.35. The zero-order chi connectivity index (χ0) is 20.2. The van der Waals surface area contributed by atoms with E-state index in [1.54, 1.807) is 11.1 Å². The maximum Gasteiger partial charge on any atom is 0.227 e. The third-order valence-electron chi connectivity index (χ3n) is 5.86. The molecule has 1 aromatic heterocycles. The molecule has 6 heteroatoms. The maximum atomic E-state index is 12.7. The molecule has 29 heavy (non-hydrogen) atoms. The van der Waals surface area contributed by atoms with Crippen LogP contribution in [0.4, 0.5) is 11.5 Å². The lowest BCUT2D eigenvalue weighted by Gasteiger charge is -2.18. The Balaban J connectivity index is 1.34. The van der Waals surface area contributed by atoms with Crippen LogP contribution in [0.3, 0.4) is 0 Å². The number of nitrogens with zero attached hydrogens (tertiary/aromatic N) is 3. The second-order valence-corrected chi connectivity index (χ2v) is 7.86. The Morgan fingerprint density at radius 1 is 1.14 bits per heavy atom. The summed E-state index contributed by atoms with van der Waals surface area (Å²) in [4.78, 5) is 33.6. The van der Waals surface area contributed by atoms with Gasteiger partial charge < -0.3 is 15.1 Å². The van der Waals surface area contributed by atoms with Crippen LogP contribution >= 0.6 is 0 Å². The summed E-state index contributed by atoms with van der Waals surface area (Å²) in [6.07, 6.45) is 5.44. The molecule has 2 aliphatic rings. The quantitative estimate of drug-likeness (QED) is 0.821. The third-order valence-corrected chi connectivity index (χ3v) is 5.86. The van der Waals surface area contributed by atoms with E-state index in [-0.39, 0.29) is 24.2 Å². The van der Waals surface area contributed by atoms with E-state index in [2.05, 4.69) is 22.1 Å². The van der Waals surface area contributed by atoms with Gasteiger partial charge in [-0.15, -0.1) is 0 Å². The molecule has 4 rings (SSSR count). The average Bonchev–Trinajstić information content (AvgIpc) is 3.42. The summed E-state index contributed by atoms with van der Waals surface area (Å²) in [5, 5.41) is 3.01. The molecule has 2 fully saturated rings. The van der Waals surface area contributed by atoms with Crippen molar-refractivity contribution < 1.29 is 9.59 Å². The minimum Gasteiger partial charge on any atom is -0.357 e. The molecule has 2 saturated heterocycles. The van der Waals surface area contributed by atoms with Gasteiger partial charge in [-0.2, -0.15) is 0 Å². The molecule has 1 unspecified atom stereocenters. The van der Waals surface area contributed by atoms with E-state index < -0.39 is 0 Å². The minimum absolute atomic E-state index is 0.00892. The van der Waals surface area contributed by atoms with Gasteiger partial charge in [-0.1, -0.05) is 19.1 Å². The SMILES string of the molecule is CCc1ccc(N2CC(C(=O)NCc3ccnc(N4CCCC4)c3)CC2=O)cc1. The first kappa shape index (κ1) is 19.4. The van der Waals surface area contributed by atoms with Crippen molar-refractivity contribution in [3.8, 4) is 0 Å². The molecule has 0 aliphatic carbocycles. The van der Waals surface area contributed by atoms with Gasteiger partial charge in [0, 0.05) is 44.5 Å². The number of anilines is 2. The van der Waals surface area contributed by atoms with Gasteiger partial charge in [0.2, 0.25) is 11.8 Å². The summed E-state index contributed by atoms with van der Waals surface area (Å²) >= 11 is 0. The molecule has 1 N–H and O–H groups in total. The molecule has 152 valence electrons. The first-order valence-electron chi connectivity index (χ1n) is 10.5. The zero-order valence-electron chi connectivity index (χ0n) is 16.9. The molecule has 2 amide bonds. The standard InChI is InChI=1S/C23H28N4O2/c1-2-17-5-7-20(8-6-17)27-16-19(14-22(27)28)23(29)25-15-18-9-10-24-21(13-18)26-11-3-4-12-26/h5-10,13,19H,2-4,11-12,14-16H2,1H3,(H,25,29). The monoisotopic (exact) mass is 392 g/mol. The topological polar surface area (TPSA) is 65.5 Å². The van der Waals surface area contributed by atoms with Crippen molar-refractivity contribution in [3.05, 3.63) is 53.7 Å². The highest BCUT2D eigenvalue weighted by Crippen LogP contribution is 2.26. The summed E-state index contributed by atoms with van der Waals surface area (Å²) in [7, 11) is 0. The molecule has 2 aromatic rings. The van der Waals surface area contributed by atoms with Crippen molar-refractivity contribution in [2.75, 3.05) is 29.4 Å². The van der Waals surface area contributed by atoms with Crippen LogP contribution in [0, 0.1) is 5.92 Å². The fourth-order valence-electron chi connectivity index (χ4n) is 4.07. The summed E-state index contributed by atoms with van der Waals surface area (Å²) < 4.78 is 0. The fraction of sp³-hybridized carbons (Fsp3) is 0.435. The van der Waals surface area contributed by atoms with E-state index in [1.807, 2.05) is 36.4 Å². The van der Waals surface area contributed by atoms with E-state index in [0.29, 0.717) is 13.1 Å². The second-order valence-electron chi connectivity index (χ2n) is 7.86. The van der Waals surface area contributed by atoms with Crippen molar-refractivity contribution in [1.29, 1.82) is 0 Å². The molecule has 6 nitrogen and oxygen atoms in total. The van der Waals surface area contributed by atoms with Gasteiger partial charge in [-0.05, 0) is 54.7 Å². The van der Waals surface area contributed by atoms with Crippen molar-refractivity contribution >= 4 is 23.3 Å². The number of pyridine rings is 1. The van der Waals surface area contributed by atoms with E-state index in [4.69, 9.17) is 0 Å². The smallest absolute Gasteiger partial charge is 0.227 e. The first-order valence-corrected chi connectivity index (χ1v) is 10.5. The molecular formula is C23H28N4O2. The summed E-state index contributed by atoms with van der Waals surface area (Å²) in [5.74, 6) is 0.612. The lowest BCUT2D eigenvalue weighted by atomic mass is 10.1. The van der Waals surface area contributed by atoms with Gasteiger partial charge in [-0.25, -0.2) is 4.98 Å². The molecule has 1 aromatic carbocycles. The molecule has 2 aliphatic heterocycles. The average molecular weight is 393 g/mol. The van der Waals surface area contributed by atoms with E-state index in [9.17, 15) is 9.59 Å². The van der Waals surface area contributed by atoms with Crippen LogP contribution in [-0.4, -0.2) is 36.4 Å². The summed E-state index contributed by atoms with van der Waals surface area (Å²) in [6.45, 7) is 5.08. The predicted octanol–water partition coefficient (Wildman–Crippen LogP) is 2.91. The summed E-state index contributed by atoms with van der Waals surface area (Å²) in [6, 6.07) is 12.0. The number of hydrogen-bond donors (Lipinski definition) is 1. The molecule has 0 radical (unpaired) electrons. The third kappa shape index (κ3) is 4.42. The number of benzene rings is 1. The van der Waals surface area contributed by atoms with Crippen LogP contribution in [0.15, 0.2) is 42.6 Å². The maximum absolute atomic E-state index is 12.7. The van der Waals surface area contributed by atoms with E-state index in [1.165, 1.54) is 18.4 Å². The Bertz CT molecular complexity index is 875. The Labute approximate surface area is 171 Å². The van der Waals surface area contributed by atoms with Gasteiger partial charge in [0.25, 0.3) is 0 Å². The molecule has 3 heterocycles. The van der Waals surface area contributed by atoms with Crippen molar-refractivity contribution in [2.24, 2.45) is 5.92 Å². The number of hydrogen-bond acceptors (Lipinski definition) is 4. The van der Waals surface area contributed by atoms with Crippen molar-refractivity contribution in [2.45, 2.75) is 39.2 Å². The number of rotatable bonds is 6. The number of carbonyl (C=O) groups excluding carboxylic acids is 2. The van der Waals surface area contributed by atoms with Crippen LogP contribution in [0.2, 0.25) is 0 Å². The second kappa shape index (κ2) is 8.64. The Morgan fingerprint density at radius 3 is 2.62 bits per heavy atom. The molecule has 0 bridgehead atoms. The first-order chi connectivity index (χ1) is 14.1. The number of aryl methyl sites for hydroxylation is 1. The number of aromatic nitrogens is 1. The lowest BCUT2D eigenvalue weighted by molar-refractivity contribution is -0.126. The predicted molar refractivity (Wildman–Crippen MR) is 114 cm³/mol. The Hall–Kier alpha value is -2.89. The van der Waals surface area contributed by atoms with E-state index >= 15 is 0 Å². The summed E-state index contributed by atoms with van der Waals surface area (Å²) in [5.41, 5.74) is 3.14. The van der Waals surface area contributed by atoms with Gasteiger partial charge >= 0.3 is 0 Å². The molecule has 0 spiro atoms. The van der Waals surface area contributed by atoms with Crippen molar-refractivity contribution in [3.63, 3.8) is 0 Å². The number of amides is 2. The Morgan fingerprint density at radius 2 is 1.90 bits per heavy atom. The lowest BCUT2D eigenvalue weighted by Crippen LogP contribution is -2.32. The highest BCUT2D eigenvalue weighted by molar-refractivity contribution is 6.00. The number of nitrogens with one attached hydrogen (secondary N) is 1. The van der Waals surface area contributed by atoms with E-state index in [0.717, 1.165) is 36.6 Å². The largest absolute Gasteiger partial charge is 0.357 e. The molecular weight excluding hydrogens is 364 g/mol. The van der Waals surface area contributed by atoms with Gasteiger partial charge in [0.15, 0.2) is 0 Å². The van der Waals surface area contributed by atoms with Crippen LogP contribution in [0.5, 0.6) is 0 Å². The van der Waals surface area contributed by atoms with Crippen molar-refractivity contribution in [1.82, 2.24) is 10.3 Å². The van der Waals surface area contributed by atoms with Crippen LogP contribution in [0.1, 0.15) is 37.3 Å². The molecule has 1 atom stereocenters.